The summed E-state index contributed by atoms with van der Waals surface area (Å²) in [7, 11) is 1.82. The van der Waals surface area contributed by atoms with E-state index in [9.17, 15) is 0 Å². The number of ether oxygens (including phenoxy) is 1. The molecule has 0 bridgehead atoms. The number of hydrogen-bond acceptors (Lipinski definition) is 3. The molecule has 0 aromatic carbocycles. The molecule has 0 spiro atoms. The van der Waals surface area contributed by atoms with Crippen LogP contribution in [0.5, 0.6) is 0 Å². The van der Waals surface area contributed by atoms with Gasteiger partial charge in [0.2, 0.25) is 0 Å². The summed E-state index contributed by atoms with van der Waals surface area (Å²) >= 11 is 0. The van der Waals surface area contributed by atoms with Crippen LogP contribution in [0.3, 0.4) is 0 Å². The summed E-state index contributed by atoms with van der Waals surface area (Å²) < 4.78 is 5.52. The van der Waals surface area contributed by atoms with Gasteiger partial charge in [-0.25, -0.2) is 0 Å². The molecule has 17 heavy (non-hydrogen) atoms. The van der Waals surface area contributed by atoms with E-state index in [-0.39, 0.29) is 5.60 Å². The van der Waals surface area contributed by atoms with Gasteiger partial charge in [0.1, 0.15) is 0 Å². The molecule has 1 unspecified atom stereocenters. The predicted octanol–water partition coefficient (Wildman–Crippen LogP) is 2.02. The third-order valence-corrected chi connectivity index (χ3v) is 4.23. The van der Waals surface area contributed by atoms with Crippen LogP contribution in [0, 0.1) is 0 Å². The fourth-order valence-electron chi connectivity index (χ4n) is 2.57. The van der Waals surface area contributed by atoms with Crippen LogP contribution in [0.2, 0.25) is 0 Å². The third-order valence-electron chi connectivity index (χ3n) is 4.23. The molecule has 1 heterocycles. The predicted molar refractivity (Wildman–Crippen MR) is 71.3 cm³/mol. The fraction of sp³-hybridized carbons (Fsp3) is 1.00. The van der Waals surface area contributed by atoms with Crippen molar-refractivity contribution in [2.45, 2.75) is 63.6 Å². The number of hydrogen-bond donors (Lipinski definition) is 1. The van der Waals surface area contributed by atoms with Crippen LogP contribution >= 0.6 is 0 Å². The van der Waals surface area contributed by atoms with E-state index in [2.05, 4.69) is 24.1 Å². The molecule has 3 nitrogen and oxygen atoms in total. The zero-order chi connectivity index (χ0) is 12.3. The zero-order valence-corrected chi connectivity index (χ0v) is 11.7. The Morgan fingerprint density at radius 1 is 1.29 bits per heavy atom. The monoisotopic (exact) mass is 240 g/mol. The zero-order valence-electron chi connectivity index (χ0n) is 11.7. The third kappa shape index (κ3) is 4.23. The summed E-state index contributed by atoms with van der Waals surface area (Å²) in [6, 6.07) is 1.60. The van der Waals surface area contributed by atoms with Crippen LogP contribution in [0.15, 0.2) is 0 Å². The minimum atomic E-state index is 0.0241. The van der Waals surface area contributed by atoms with Crippen molar-refractivity contribution in [3.63, 3.8) is 0 Å². The molecule has 2 rings (SSSR count). The Morgan fingerprint density at radius 2 is 2.06 bits per heavy atom. The second-order valence-corrected chi connectivity index (χ2v) is 6.23. The molecule has 2 fully saturated rings. The van der Waals surface area contributed by atoms with E-state index in [0.717, 1.165) is 18.5 Å². The molecule has 1 atom stereocenters. The second kappa shape index (κ2) is 5.68. The maximum atomic E-state index is 5.52. The van der Waals surface area contributed by atoms with Crippen LogP contribution in [0.1, 0.15) is 46.0 Å². The summed E-state index contributed by atoms with van der Waals surface area (Å²) in [5, 5.41) is 3.61. The van der Waals surface area contributed by atoms with Gasteiger partial charge in [-0.1, -0.05) is 0 Å². The lowest BCUT2D eigenvalue weighted by Crippen LogP contribution is -2.41. The highest BCUT2D eigenvalue weighted by Crippen LogP contribution is 2.29. The first kappa shape index (κ1) is 13.3. The van der Waals surface area contributed by atoms with Gasteiger partial charge in [-0.05, 0) is 52.5 Å². The highest BCUT2D eigenvalue weighted by atomic mass is 16.5. The van der Waals surface area contributed by atoms with Crippen molar-refractivity contribution in [1.82, 2.24) is 10.2 Å². The lowest BCUT2D eigenvalue weighted by atomic mass is 10.0. The van der Waals surface area contributed by atoms with Crippen molar-refractivity contribution in [2.24, 2.45) is 0 Å². The summed E-state index contributed by atoms with van der Waals surface area (Å²) in [4.78, 5) is 2.68. The molecule has 1 saturated carbocycles. The summed E-state index contributed by atoms with van der Waals surface area (Å²) in [6.45, 7) is 8.01. The molecule has 100 valence electrons. The molecule has 0 aromatic rings. The lowest BCUT2D eigenvalue weighted by Gasteiger charge is -2.30. The molecule has 1 aliphatic heterocycles. The van der Waals surface area contributed by atoms with Crippen LogP contribution in [-0.2, 0) is 4.74 Å². The van der Waals surface area contributed by atoms with Crippen molar-refractivity contribution in [1.29, 1.82) is 0 Å². The minimum absolute atomic E-state index is 0.0241. The first-order valence-electron chi connectivity index (χ1n) is 7.13. The van der Waals surface area contributed by atoms with Crippen LogP contribution < -0.4 is 5.32 Å². The van der Waals surface area contributed by atoms with Crippen molar-refractivity contribution < 1.29 is 4.74 Å². The van der Waals surface area contributed by atoms with Crippen molar-refractivity contribution >= 4 is 0 Å². The maximum absolute atomic E-state index is 5.52. The molecular formula is C14H28N2O. The van der Waals surface area contributed by atoms with Gasteiger partial charge in [0, 0.05) is 32.3 Å². The molecule has 1 aliphatic carbocycles. The lowest BCUT2D eigenvalue weighted by molar-refractivity contribution is 0.00622. The maximum Gasteiger partial charge on any atom is 0.0634 e. The first-order valence-corrected chi connectivity index (χ1v) is 7.13. The van der Waals surface area contributed by atoms with Gasteiger partial charge in [-0.3, -0.25) is 4.90 Å². The molecule has 1 N–H and O–H groups in total. The van der Waals surface area contributed by atoms with E-state index in [1.807, 2.05) is 7.11 Å². The van der Waals surface area contributed by atoms with Crippen LogP contribution in [0.25, 0.3) is 0 Å². The van der Waals surface area contributed by atoms with Gasteiger partial charge in [-0.15, -0.1) is 0 Å². The van der Waals surface area contributed by atoms with Gasteiger partial charge in [0.15, 0.2) is 0 Å². The smallest absolute Gasteiger partial charge is 0.0634 e. The van der Waals surface area contributed by atoms with E-state index in [4.69, 9.17) is 4.74 Å². The van der Waals surface area contributed by atoms with E-state index in [0.29, 0.717) is 0 Å². The summed E-state index contributed by atoms with van der Waals surface area (Å²) in [6.07, 6.45) is 6.65. The van der Waals surface area contributed by atoms with Crippen molar-refractivity contribution in [3.05, 3.63) is 0 Å². The number of rotatable bonds is 7. The number of methoxy groups -OCH3 is 1. The molecule has 0 aromatic heterocycles. The first-order chi connectivity index (χ1) is 8.11. The Labute approximate surface area is 106 Å². The second-order valence-electron chi connectivity index (χ2n) is 6.23. The Hall–Kier alpha value is -0.120. The van der Waals surface area contributed by atoms with Gasteiger partial charge >= 0.3 is 0 Å². The molecule has 1 saturated heterocycles. The Balaban J connectivity index is 1.76. The molecular weight excluding hydrogens is 212 g/mol. The molecule has 0 amide bonds. The largest absolute Gasteiger partial charge is 0.379 e. The fourth-order valence-corrected chi connectivity index (χ4v) is 2.57. The van der Waals surface area contributed by atoms with Gasteiger partial charge in [0.05, 0.1) is 5.60 Å². The van der Waals surface area contributed by atoms with Crippen molar-refractivity contribution in [2.75, 3.05) is 26.7 Å². The highest BCUT2D eigenvalue weighted by molar-refractivity contribution is 4.89. The minimum Gasteiger partial charge on any atom is -0.379 e. The highest BCUT2D eigenvalue weighted by Gasteiger charge is 2.32. The van der Waals surface area contributed by atoms with E-state index < -0.39 is 0 Å². The SMILES string of the molecule is COC(C)(C)CCN(CC1CCCN1)C1CC1. The standard InChI is InChI=1S/C14H28N2O/c1-14(2,17-3)8-10-16(13-6-7-13)11-12-5-4-9-15-12/h12-13,15H,4-11H2,1-3H3. The van der Waals surface area contributed by atoms with E-state index >= 15 is 0 Å². The summed E-state index contributed by atoms with van der Waals surface area (Å²) in [5.41, 5.74) is 0.0241. The van der Waals surface area contributed by atoms with Crippen molar-refractivity contribution in [3.8, 4) is 0 Å². The number of nitrogens with one attached hydrogen (secondary N) is 1. The average Bonchev–Trinajstić information content (AvgIpc) is 3.03. The normalized spacial score (nSPS) is 25.8. The molecule has 3 heteroatoms. The van der Waals surface area contributed by atoms with Crippen LogP contribution in [0.4, 0.5) is 0 Å². The van der Waals surface area contributed by atoms with Crippen LogP contribution in [-0.4, -0.2) is 49.3 Å². The quantitative estimate of drug-likeness (QED) is 0.737. The average molecular weight is 240 g/mol. The van der Waals surface area contributed by atoms with Gasteiger partial charge in [-0.2, -0.15) is 0 Å². The topological polar surface area (TPSA) is 24.5 Å². The number of nitrogens with zero attached hydrogens (tertiary/aromatic N) is 1. The molecule has 2 aliphatic rings. The Kier molecular flexibility index (Phi) is 4.45. The van der Waals surface area contributed by atoms with Gasteiger partial charge in [0.25, 0.3) is 0 Å². The van der Waals surface area contributed by atoms with Gasteiger partial charge < -0.3 is 10.1 Å². The summed E-state index contributed by atoms with van der Waals surface area (Å²) in [5.74, 6) is 0. The van der Waals surface area contributed by atoms with E-state index in [1.54, 1.807) is 0 Å². The van der Waals surface area contributed by atoms with E-state index in [1.165, 1.54) is 45.3 Å². The molecule has 0 radical (unpaired) electrons. The Bertz CT molecular complexity index is 232. The Morgan fingerprint density at radius 3 is 2.59 bits per heavy atom.